The molecule has 0 unspecified atom stereocenters. The first kappa shape index (κ1) is 18.1. The number of hydrogen-bond acceptors (Lipinski definition) is 3. The highest BCUT2D eigenvalue weighted by molar-refractivity contribution is 5.92. The molecule has 4 bridgehead atoms. The number of hydrogen-bond donors (Lipinski definition) is 1. The standard InChI is InChI=1S/C27H26O3/c28-26(19-6-2-1-3-7-19)30-25-16-21-9-5-4-8-20(21)15-24(25)27(29)22-11-17-10-18(13-22)14-23(27)12-17/h1-9,15-18,22-23,29H,10-14H2. The highest BCUT2D eigenvalue weighted by atomic mass is 16.5. The Balaban J connectivity index is 1.47. The predicted molar refractivity (Wildman–Crippen MR) is 116 cm³/mol. The Morgan fingerprint density at radius 2 is 1.37 bits per heavy atom. The monoisotopic (exact) mass is 398 g/mol. The summed E-state index contributed by atoms with van der Waals surface area (Å²) in [5, 5.41) is 14.3. The molecule has 3 aromatic carbocycles. The summed E-state index contributed by atoms with van der Waals surface area (Å²) >= 11 is 0. The van der Waals surface area contributed by atoms with Crippen LogP contribution in [0.25, 0.3) is 10.8 Å². The van der Waals surface area contributed by atoms with E-state index in [2.05, 4.69) is 12.1 Å². The van der Waals surface area contributed by atoms with Crippen molar-refractivity contribution in [3.8, 4) is 5.75 Å². The number of fused-ring (bicyclic) bond motifs is 1. The van der Waals surface area contributed by atoms with E-state index in [0.717, 1.165) is 53.9 Å². The fraction of sp³-hybridized carbons (Fsp3) is 0.370. The van der Waals surface area contributed by atoms with E-state index in [1.54, 1.807) is 12.1 Å². The molecule has 0 heterocycles. The Morgan fingerprint density at radius 1 is 0.800 bits per heavy atom. The van der Waals surface area contributed by atoms with Crippen LogP contribution < -0.4 is 4.74 Å². The van der Waals surface area contributed by atoms with Crippen molar-refractivity contribution < 1.29 is 14.6 Å². The van der Waals surface area contributed by atoms with Gasteiger partial charge in [-0.15, -0.1) is 0 Å². The topological polar surface area (TPSA) is 46.5 Å². The molecule has 152 valence electrons. The van der Waals surface area contributed by atoms with Crippen LogP contribution in [0.3, 0.4) is 0 Å². The summed E-state index contributed by atoms with van der Waals surface area (Å²) in [5.74, 6) is 2.15. The number of carbonyl (C=O) groups excluding carboxylic acids is 1. The van der Waals surface area contributed by atoms with E-state index in [9.17, 15) is 9.90 Å². The lowest BCUT2D eigenvalue weighted by Gasteiger charge is -2.59. The number of rotatable bonds is 3. The molecule has 3 aromatic rings. The van der Waals surface area contributed by atoms with Crippen LogP contribution in [0.15, 0.2) is 66.7 Å². The lowest BCUT2D eigenvalue weighted by Crippen LogP contribution is -2.55. The lowest BCUT2D eigenvalue weighted by atomic mass is 9.48. The molecule has 4 aliphatic carbocycles. The van der Waals surface area contributed by atoms with Crippen LogP contribution in [0.1, 0.15) is 48.0 Å². The van der Waals surface area contributed by atoms with E-state index in [4.69, 9.17) is 4.74 Å². The van der Waals surface area contributed by atoms with Crippen molar-refractivity contribution in [3.63, 3.8) is 0 Å². The first-order chi connectivity index (χ1) is 14.6. The fourth-order valence-electron chi connectivity index (χ4n) is 6.69. The fourth-order valence-corrected chi connectivity index (χ4v) is 6.69. The Morgan fingerprint density at radius 3 is 2.00 bits per heavy atom. The van der Waals surface area contributed by atoms with Crippen molar-refractivity contribution in [3.05, 3.63) is 77.9 Å². The molecule has 3 heteroatoms. The van der Waals surface area contributed by atoms with Crippen molar-refractivity contribution in [2.75, 3.05) is 0 Å². The Hall–Kier alpha value is -2.65. The van der Waals surface area contributed by atoms with E-state index in [1.807, 2.05) is 42.5 Å². The Kier molecular flexibility index (Phi) is 4.04. The molecular formula is C27H26O3. The second kappa shape index (κ2) is 6.68. The number of benzene rings is 3. The largest absolute Gasteiger partial charge is 0.423 e. The average Bonchev–Trinajstić information content (AvgIpc) is 2.77. The molecule has 4 aliphatic rings. The van der Waals surface area contributed by atoms with Crippen LogP contribution in [-0.4, -0.2) is 11.1 Å². The maximum Gasteiger partial charge on any atom is 0.343 e. The van der Waals surface area contributed by atoms with E-state index in [1.165, 1.54) is 6.42 Å². The summed E-state index contributed by atoms with van der Waals surface area (Å²) in [6, 6.07) is 21.2. The van der Waals surface area contributed by atoms with E-state index < -0.39 is 5.60 Å². The number of esters is 1. The molecule has 3 nitrogen and oxygen atoms in total. The minimum atomic E-state index is -0.913. The van der Waals surface area contributed by atoms with Crippen molar-refractivity contribution in [1.29, 1.82) is 0 Å². The van der Waals surface area contributed by atoms with Crippen LogP contribution >= 0.6 is 0 Å². The van der Waals surface area contributed by atoms with Crippen LogP contribution in [-0.2, 0) is 5.60 Å². The molecule has 30 heavy (non-hydrogen) atoms. The molecule has 1 N–H and O–H groups in total. The van der Waals surface area contributed by atoms with Crippen molar-refractivity contribution in [2.24, 2.45) is 23.7 Å². The normalized spacial score (nSPS) is 31.8. The van der Waals surface area contributed by atoms with Gasteiger partial charge in [0.1, 0.15) is 5.75 Å². The summed E-state index contributed by atoms with van der Waals surface area (Å²) < 4.78 is 5.96. The van der Waals surface area contributed by atoms with Gasteiger partial charge in [-0.2, -0.15) is 0 Å². The first-order valence-electron chi connectivity index (χ1n) is 11.1. The second-order valence-corrected chi connectivity index (χ2v) is 9.58. The molecule has 0 spiro atoms. The minimum Gasteiger partial charge on any atom is -0.423 e. The highest BCUT2D eigenvalue weighted by Crippen LogP contribution is 2.63. The van der Waals surface area contributed by atoms with Crippen LogP contribution in [0, 0.1) is 23.7 Å². The molecule has 0 radical (unpaired) electrons. The highest BCUT2D eigenvalue weighted by Gasteiger charge is 2.58. The molecule has 0 atom stereocenters. The summed E-state index contributed by atoms with van der Waals surface area (Å²) in [7, 11) is 0. The van der Waals surface area contributed by atoms with Crippen LogP contribution in [0.2, 0.25) is 0 Å². The smallest absolute Gasteiger partial charge is 0.343 e. The molecular weight excluding hydrogens is 372 g/mol. The predicted octanol–water partition coefficient (Wildman–Crippen LogP) is 5.70. The summed E-state index contributed by atoms with van der Waals surface area (Å²) in [6.07, 6.45) is 5.67. The van der Waals surface area contributed by atoms with Gasteiger partial charge in [-0.25, -0.2) is 4.79 Å². The van der Waals surface area contributed by atoms with Crippen molar-refractivity contribution in [2.45, 2.75) is 37.7 Å². The number of aliphatic hydroxyl groups is 1. The average molecular weight is 399 g/mol. The third kappa shape index (κ3) is 2.72. The van der Waals surface area contributed by atoms with Gasteiger partial charge < -0.3 is 9.84 Å². The van der Waals surface area contributed by atoms with E-state index >= 15 is 0 Å². The Labute approximate surface area is 176 Å². The SMILES string of the molecule is O=C(Oc1cc2ccccc2cc1C1(O)C2CC3CC(C2)CC1C3)c1ccccc1. The van der Waals surface area contributed by atoms with Crippen LogP contribution in [0.5, 0.6) is 5.75 Å². The van der Waals surface area contributed by atoms with Crippen LogP contribution in [0.4, 0.5) is 0 Å². The number of ether oxygens (including phenoxy) is 1. The van der Waals surface area contributed by atoms with Gasteiger partial charge in [0.2, 0.25) is 0 Å². The van der Waals surface area contributed by atoms with Gasteiger partial charge in [-0.1, -0.05) is 42.5 Å². The van der Waals surface area contributed by atoms with Gasteiger partial charge in [0.05, 0.1) is 11.2 Å². The third-order valence-electron chi connectivity index (χ3n) is 7.87. The lowest BCUT2D eigenvalue weighted by molar-refractivity contribution is -0.180. The van der Waals surface area contributed by atoms with Gasteiger partial charge in [-0.05, 0) is 90.8 Å². The summed E-state index contributed by atoms with van der Waals surface area (Å²) in [5.41, 5.74) is 0.414. The van der Waals surface area contributed by atoms with Gasteiger partial charge in [-0.3, -0.25) is 0 Å². The second-order valence-electron chi connectivity index (χ2n) is 9.58. The third-order valence-corrected chi connectivity index (χ3v) is 7.87. The Bertz CT molecular complexity index is 1090. The summed E-state index contributed by atoms with van der Waals surface area (Å²) in [6.45, 7) is 0. The molecule has 4 fully saturated rings. The molecule has 0 aliphatic heterocycles. The van der Waals surface area contributed by atoms with Gasteiger partial charge in [0.25, 0.3) is 0 Å². The zero-order valence-corrected chi connectivity index (χ0v) is 17.0. The van der Waals surface area contributed by atoms with Gasteiger partial charge in [0.15, 0.2) is 0 Å². The molecule has 0 saturated heterocycles. The zero-order chi connectivity index (χ0) is 20.3. The van der Waals surface area contributed by atoms with Crippen molar-refractivity contribution in [1.82, 2.24) is 0 Å². The van der Waals surface area contributed by atoms with E-state index in [0.29, 0.717) is 11.3 Å². The minimum absolute atomic E-state index is 0.254. The maximum absolute atomic E-state index is 12.9. The molecule has 0 aromatic heterocycles. The first-order valence-corrected chi connectivity index (χ1v) is 11.1. The van der Waals surface area contributed by atoms with E-state index in [-0.39, 0.29) is 17.8 Å². The maximum atomic E-state index is 12.9. The molecule has 7 rings (SSSR count). The zero-order valence-electron chi connectivity index (χ0n) is 17.0. The molecule has 4 saturated carbocycles. The van der Waals surface area contributed by atoms with Gasteiger partial charge >= 0.3 is 5.97 Å². The quantitative estimate of drug-likeness (QED) is 0.454. The van der Waals surface area contributed by atoms with Crippen molar-refractivity contribution >= 4 is 16.7 Å². The molecule has 0 amide bonds. The summed E-state index contributed by atoms with van der Waals surface area (Å²) in [4.78, 5) is 12.9. The number of carbonyl (C=O) groups is 1. The van der Waals surface area contributed by atoms with Gasteiger partial charge in [0, 0.05) is 5.56 Å².